The summed E-state index contributed by atoms with van der Waals surface area (Å²) in [6.45, 7) is 5.29. The van der Waals surface area contributed by atoms with Gasteiger partial charge in [-0.15, -0.1) is 0 Å². The molecule has 0 spiro atoms. The van der Waals surface area contributed by atoms with Crippen molar-refractivity contribution < 1.29 is 36.2 Å². The molecule has 2 aliphatic rings. The molecular weight excluding hydrogens is 607 g/mol. The summed E-state index contributed by atoms with van der Waals surface area (Å²) < 4.78 is 69.9. The monoisotopic (exact) mass is 645 g/mol. The van der Waals surface area contributed by atoms with Crippen LogP contribution in [-0.4, -0.2) is 82.1 Å². The van der Waals surface area contributed by atoms with E-state index in [1.54, 1.807) is 37.3 Å². The quantitative estimate of drug-likeness (QED) is 0.336. The van der Waals surface area contributed by atoms with Gasteiger partial charge in [0.25, 0.3) is 0 Å². The van der Waals surface area contributed by atoms with E-state index in [1.165, 1.54) is 12.1 Å². The molecule has 3 atom stereocenters. The summed E-state index contributed by atoms with van der Waals surface area (Å²) in [7, 11) is -3.42. The van der Waals surface area contributed by atoms with Gasteiger partial charge in [-0.1, -0.05) is 31.2 Å². The molecule has 45 heavy (non-hydrogen) atoms. The third-order valence-corrected chi connectivity index (χ3v) is 10.7. The number of hydrogen-bond donors (Lipinski definition) is 2. The maximum Gasteiger partial charge on any atom is 0.416 e. The van der Waals surface area contributed by atoms with E-state index < -0.39 is 33.4 Å². The van der Waals surface area contributed by atoms with Gasteiger partial charge in [0.1, 0.15) is 0 Å². The summed E-state index contributed by atoms with van der Waals surface area (Å²) >= 11 is 0. The number of rotatable bonds is 10. The topological polar surface area (TPSA) is 113 Å². The Morgan fingerprint density at radius 3 is 2.29 bits per heavy atom. The lowest BCUT2D eigenvalue weighted by Crippen LogP contribution is -2.45. The summed E-state index contributed by atoms with van der Waals surface area (Å²) in [6, 6.07) is 16.9. The Balaban J connectivity index is 1.50. The molecule has 3 aromatic rings. The van der Waals surface area contributed by atoms with Crippen molar-refractivity contribution in [3.8, 4) is 0 Å². The van der Waals surface area contributed by atoms with E-state index in [-0.39, 0.29) is 34.8 Å². The Hall–Kier alpha value is -3.45. The van der Waals surface area contributed by atoms with Crippen molar-refractivity contribution in [1.82, 2.24) is 4.90 Å². The van der Waals surface area contributed by atoms with Gasteiger partial charge in [0, 0.05) is 55.3 Å². The highest BCUT2D eigenvalue weighted by atomic mass is 32.2. The number of aliphatic hydroxyl groups excluding tert-OH is 1. The van der Waals surface area contributed by atoms with Crippen LogP contribution >= 0.6 is 0 Å². The summed E-state index contributed by atoms with van der Waals surface area (Å²) in [5.74, 6) is -1.39. The number of ether oxygens (including phenoxy) is 1. The van der Waals surface area contributed by atoms with Gasteiger partial charge in [-0.3, -0.25) is 9.69 Å². The molecule has 0 bridgehead atoms. The lowest BCUT2D eigenvalue weighted by molar-refractivity contribution is -0.137. The minimum atomic E-state index is -4.41. The molecule has 3 N–H and O–H groups in total. The molecular formula is C33H38F3N3O5S. The van der Waals surface area contributed by atoms with E-state index in [9.17, 15) is 31.5 Å². The first kappa shape index (κ1) is 32.9. The summed E-state index contributed by atoms with van der Waals surface area (Å²) in [6.07, 6.45) is -3.70. The summed E-state index contributed by atoms with van der Waals surface area (Å²) in [4.78, 5) is 17.3. The molecule has 0 aliphatic carbocycles. The average Bonchev–Trinajstić information content (AvgIpc) is 3.45. The van der Waals surface area contributed by atoms with Crippen molar-refractivity contribution in [2.24, 2.45) is 5.73 Å². The first-order chi connectivity index (χ1) is 21.4. The highest BCUT2D eigenvalue weighted by Crippen LogP contribution is 2.39. The molecule has 0 saturated carbocycles. The smallest absolute Gasteiger partial charge is 0.395 e. The Morgan fingerprint density at radius 1 is 1.04 bits per heavy atom. The Bertz CT molecular complexity index is 1590. The molecule has 242 valence electrons. The van der Waals surface area contributed by atoms with E-state index >= 15 is 0 Å². The molecule has 8 nitrogen and oxygen atoms in total. The molecule has 0 radical (unpaired) electrons. The Morgan fingerprint density at radius 2 is 1.71 bits per heavy atom. The zero-order valence-electron chi connectivity index (χ0n) is 25.0. The maximum atomic E-state index is 13.2. The second-order valence-corrected chi connectivity index (χ2v) is 13.9. The van der Waals surface area contributed by atoms with Crippen molar-refractivity contribution in [3.63, 3.8) is 0 Å². The minimum Gasteiger partial charge on any atom is -0.395 e. The molecule has 2 aliphatic heterocycles. The molecule has 2 fully saturated rings. The molecule has 0 aromatic heterocycles. The first-order valence-corrected chi connectivity index (χ1v) is 16.7. The van der Waals surface area contributed by atoms with Gasteiger partial charge < -0.3 is 20.5 Å². The fraction of sp³-hybridized carbons (Fsp3) is 0.424. The van der Waals surface area contributed by atoms with E-state index in [1.807, 2.05) is 12.1 Å². The lowest BCUT2D eigenvalue weighted by Gasteiger charge is -2.34. The van der Waals surface area contributed by atoms with Gasteiger partial charge in [0.2, 0.25) is 5.91 Å². The SMILES string of the molecule is CCS(=O)(=O)c1ccc([C@@H](CO)c2cc(N3CC(c4ccc(C(F)(F)F)cc4)C[C@H]3CN3CCOCC3)ccc2C(N)=O)cc1. The number of benzene rings is 3. The van der Waals surface area contributed by atoms with Crippen molar-refractivity contribution in [2.75, 3.05) is 56.7 Å². The van der Waals surface area contributed by atoms with Gasteiger partial charge in [-0.05, 0) is 65.6 Å². The van der Waals surface area contributed by atoms with Crippen molar-refractivity contribution in [3.05, 3.63) is 94.5 Å². The Kier molecular flexibility index (Phi) is 9.88. The highest BCUT2D eigenvalue weighted by molar-refractivity contribution is 7.91. The third kappa shape index (κ3) is 7.35. The summed E-state index contributed by atoms with van der Waals surface area (Å²) in [5, 5.41) is 10.5. The summed E-state index contributed by atoms with van der Waals surface area (Å²) in [5.41, 5.74) is 8.08. The van der Waals surface area contributed by atoms with E-state index in [4.69, 9.17) is 10.5 Å². The zero-order valence-corrected chi connectivity index (χ0v) is 25.9. The van der Waals surface area contributed by atoms with Crippen molar-refractivity contribution in [1.29, 1.82) is 0 Å². The fourth-order valence-corrected chi connectivity index (χ4v) is 7.26. The highest BCUT2D eigenvalue weighted by Gasteiger charge is 2.36. The molecule has 12 heteroatoms. The van der Waals surface area contributed by atoms with E-state index in [0.717, 1.165) is 43.0 Å². The van der Waals surface area contributed by atoms with E-state index in [2.05, 4.69) is 9.80 Å². The van der Waals surface area contributed by atoms with Gasteiger partial charge in [-0.2, -0.15) is 13.2 Å². The van der Waals surface area contributed by atoms with Crippen LogP contribution in [-0.2, 0) is 20.8 Å². The number of hydrogen-bond acceptors (Lipinski definition) is 7. The lowest BCUT2D eigenvalue weighted by atomic mass is 9.88. The number of anilines is 1. The average molecular weight is 646 g/mol. The first-order valence-electron chi connectivity index (χ1n) is 15.0. The number of nitrogens with zero attached hydrogens (tertiary/aromatic N) is 2. The number of morpholine rings is 1. The van der Waals surface area contributed by atoms with Crippen LogP contribution in [0.2, 0.25) is 0 Å². The van der Waals surface area contributed by atoms with Crippen LogP contribution in [0.5, 0.6) is 0 Å². The van der Waals surface area contributed by atoms with Gasteiger partial charge >= 0.3 is 6.18 Å². The second-order valence-electron chi connectivity index (χ2n) is 11.6. The van der Waals surface area contributed by atoms with Gasteiger partial charge in [0.15, 0.2) is 9.84 Å². The number of primary amides is 1. The number of carbonyl (C=O) groups excluding carboxylic acids is 1. The molecule has 5 rings (SSSR count). The van der Waals surface area contributed by atoms with Crippen LogP contribution in [0.1, 0.15) is 57.8 Å². The number of amides is 1. The van der Waals surface area contributed by atoms with Crippen LogP contribution in [0.3, 0.4) is 0 Å². The zero-order chi connectivity index (χ0) is 32.4. The number of nitrogens with two attached hydrogens (primary N) is 1. The van der Waals surface area contributed by atoms with E-state index in [0.29, 0.717) is 37.3 Å². The minimum absolute atomic E-state index is 0.0220. The molecule has 2 saturated heterocycles. The third-order valence-electron chi connectivity index (χ3n) is 8.91. The number of sulfone groups is 1. The predicted octanol–water partition coefficient (Wildman–Crippen LogP) is 4.42. The van der Waals surface area contributed by atoms with Crippen LogP contribution in [0.4, 0.5) is 18.9 Å². The van der Waals surface area contributed by atoms with Gasteiger partial charge in [0.05, 0.1) is 36.0 Å². The van der Waals surface area contributed by atoms with Crippen LogP contribution < -0.4 is 10.6 Å². The predicted molar refractivity (Wildman–Crippen MR) is 165 cm³/mol. The number of aliphatic hydroxyl groups is 1. The maximum absolute atomic E-state index is 13.2. The fourth-order valence-electron chi connectivity index (χ4n) is 6.37. The molecule has 2 heterocycles. The second kappa shape index (κ2) is 13.5. The van der Waals surface area contributed by atoms with Crippen LogP contribution in [0, 0.1) is 0 Å². The molecule has 1 amide bonds. The number of halogens is 3. The Labute approximate surface area is 261 Å². The van der Waals surface area contributed by atoms with Gasteiger partial charge in [-0.25, -0.2) is 8.42 Å². The standard InChI is InChI=1S/C33H38F3N3O5S/c1-2-45(42,43)28-10-5-23(6-11-28)31(21-40)30-18-26(9-12-29(30)32(37)41)39-19-24(17-27(39)20-38-13-15-44-16-14-38)22-3-7-25(8-4-22)33(34,35)36/h3-12,18,24,27,31,40H,2,13-17,19-21H2,1H3,(H2,37,41)/t24?,27-,31+/m0/s1. The number of alkyl halides is 3. The normalized spacial score (nSPS) is 20.3. The van der Waals surface area contributed by atoms with Crippen molar-refractivity contribution >= 4 is 21.4 Å². The van der Waals surface area contributed by atoms with Crippen molar-refractivity contribution in [2.45, 2.75) is 42.3 Å². The van der Waals surface area contributed by atoms with Crippen LogP contribution in [0.15, 0.2) is 71.6 Å². The molecule has 3 aromatic carbocycles. The van der Waals surface area contributed by atoms with Crippen LogP contribution in [0.25, 0.3) is 0 Å². The number of carbonyl (C=O) groups is 1. The molecule has 1 unspecified atom stereocenters. The largest absolute Gasteiger partial charge is 0.416 e.